The smallest absolute Gasteiger partial charge is 0.203 e. The molecule has 23 heavy (non-hydrogen) atoms. The predicted octanol–water partition coefficient (Wildman–Crippen LogP) is 1.44. The van der Waals surface area contributed by atoms with E-state index in [9.17, 15) is 0 Å². The number of hydrogen-bond donors (Lipinski definition) is 0. The fourth-order valence-electron chi connectivity index (χ4n) is 3.09. The van der Waals surface area contributed by atoms with Crippen LogP contribution < -0.4 is 31.2 Å². The van der Waals surface area contributed by atoms with Gasteiger partial charge >= 0.3 is 0 Å². The summed E-state index contributed by atoms with van der Waals surface area (Å²) in [5.41, 5.74) is 1.11. The molecular formula is C17H30BrO4P. The second kappa shape index (κ2) is 10.4. The third kappa shape index (κ3) is 4.52. The summed E-state index contributed by atoms with van der Waals surface area (Å²) >= 11 is 0. The first kappa shape index (κ1) is 22.5. The SMILES string of the molecule is CC[P+](CC)(CC)C(OC)c1cc(OC)c(OC)c(OC)c1.[Br-]. The minimum atomic E-state index is -1.23. The molecule has 6 heteroatoms. The van der Waals surface area contributed by atoms with E-state index in [1.165, 1.54) is 0 Å². The fourth-order valence-corrected chi connectivity index (χ4v) is 6.65. The lowest BCUT2D eigenvalue weighted by atomic mass is 10.2. The van der Waals surface area contributed by atoms with Crippen LogP contribution in [0.15, 0.2) is 12.1 Å². The van der Waals surface area contributed by atoms with Gasteiger partial charge in [-0.15, -0.1) is 0 Å². The summed E-state index contributed by atoms with van der Waals surface area (Å²) in [6, 6.07) is 4.04. The third-order valence-corrected chi connectivity index (χ3v) is 9.86. The number of halogens is 1. The van der Waals surface area contributed by atoms with Crippen LogP contribution in [-0.4, -0.2) is 46.9 Å². The first-order chi connectivity index (χ1) is 10.6. The normalized spacial score (nSPS) is 12.3. The molecule has 0 radical (unpaired) electrons. The van der Waals surface area contributed by atoms with E-state index >= 15 is 0 Å². The van der Waals surface area contributed by atoms with Crippen LogP contribution in [-0.2, 0) is 4.74 Å². The predicted molar refractivity (Wildman–Crippen MR) is 94.4 cm³/mol. The van der Waals surface area contributed by atoms with Gasteiger partial charge in [0.15, 0.2) is 17.3 Å². The van der Waals surface area contributed by atoms with Crippen molar-refractivity contribution in [2.45, 2.75) is 26.6 Å². The van der Waals surface area contributed by atoms with Crippen LogP contribution in [0.4, 0.5) is 0 Å². The van der Waals surface area contributed by atoms with E-state index in [1.54, 1.807) is 28.4 Å². The maximum absolute atomic E-state index is 5.94. The van der Waals surface area contributed by atoms with Crippen LogP contribution in [0.3, 0.4) is 0 Å². The van der Waals surface area contributed by atoms with Crippen LogP contribution in [0.25, 0.3) is 0 Å². The molecule has 0 aliphatic rings. The van der Waals surface area contributed by atoms with E-state index in [1.807, 2.05) is 12.1 Å². The minimum absolute atomic E-state index is 0. The topological polar surface area (TPSA) is 36.9 Å². The fraction of sp³-hybridized carbons (Fsp3) is 0.647. The third-order valence-electron chi connectivity index (χ3n) is 4.58. The van der Waals surface area contributed by atoms with E-state index in [4.69, 9.17) is 18.9 Å². The van der Waals surface area contributed by atoms with E-state index in [0.29, 0.717) is 17.2 Å². The van der Waals surface area contributed by atoms with E-state index in [2.05, 4.69) is 20.8 Å². The molecule has 1 rings (SSSR count). The second-order valence-electron chi connectivity index (χ2n) is 5.21. The number of hydrogen-bond acceptors (Lipinski definition) is 4. The highest BCUT2D eigenvalue weighted by molar-refractivity contribution is 7.75. The summed E-state index contributed by atoms with van der Waals surface area (Å²) in [6.45, 7) is 6.81. The van der Waals surface area contributed by atoms with Gasteiger partial charge < -0.3 is 35.9 Å². The van der Waals surface area contributed by atoms with Gasteiger partial charge in [0, 0.05) is 19.9 Å². The Morgan fingerprint density at radius 2 is 1.26 bits per heavy atom. The highest BCUT2D eigenvalue weighted by Gasteiger charge is 2.43. The van der Waals surface area contributed by atoms with Crippen LogP contribution in [0.1, 0.15) is 32.2 Å². The summed E-state index contributed by atoms with van der Waals surface area (Å²) < 4.78 is 22.3. The quantitative estimate of drug-likeness (QED) is 0.579. The first-order valence-electron chi connectivity index (χ1n) is 7.75. The van der Waals surface area contributed by atoms with Crippen molar-refractivity contribution < 1.29 is 35.9 Å². The van der Waals surface area contributed by atoms with Crippen molar-refractivity contribution in [3.05, 3.63) is 17.7 Å². The van der Waals surface area contributed by atoms with Crippen LogP contribution in [0.5, 0.6) is 17.2 Å². The average Bonchev–Trinajstić information content (AvgIpc) is 2.58. The van der Waals surface area contributed by atoms with Gasteiger partial charge in [0.25, 0.3) is 0 Å². The first-order valence-corrected chi connectivity index (χ1v) is 10.2. The van der Waals surface area contributed by atoms with Gasteiger partial charge in [-0.1, -0.05) is 0 Å². The Morgan fingerprint density at radius 3 is 1.52 bits per heavy atom. The minimum Gasteiger partial charge on any atom is -1.00 e. The summed E-state index contributed by atoms with van der Waals surface area (Å²) in [6.07, 6.45) is 3.49. The van der Waals surface area contributed by atoms with Crippen LogP contribution >= 0.6 is 7.26 Å². The average molecular weight is 409 g/mol. The van der Waals surface area contributed by atoms with Crippen LogP contribution in [0.2, 0.25) is 0 Å². The highest BCUT2D eigenvalue weighted by Crippen LogP contribution is 2.69. The summed E-state index contributed by atoms with van der Waals surface area (Å²) in [7, 11) is 5.47. The van der Waals surface area contributed by atoms with E-state index in [0.717, 1.165) is 24.0 Å². The molecule has 1 atom stereocenters. The second-order valence-corrected chi connectivity index (χ2v) is 10.0. The number of benzene rings is 1. The van der Waals surface area contributed by atoms with Gasteiger partial charge in [0.05, 0.1) is 39.8 Å². The molecule has 0 aliphatic heterocycles. The lowest BCUT2D eigenvalue weighted by Gasteiger charge is -2.32. The molecule has 0 spiro atoms. The van der Waals surface area contributed by atoms with Crippen LogP contribution in [0, 0.1) is 0 Å². The van der Waals surface area contributed by atoms with Crippen molar-refractivity contribution in [1.82, 2.24) is 0 Å². The van der Waals surface area contributed by atoms with E-state index < -0.39 is 7.26 Å². The number of rotatable bonds is 9. The van der Waals surface area contributed by atoms with Crippen molar-refractivity contribution in [2.24, 2.45) is 0 Å². The van der Waals surface area contributed by atoms with Crippen molar-refractivity contribution in [3.63, 3.8) is 0 Å². The number of ether oxygens (including phenoxy) is 4. The molecule has 0 bridgehead atoms. The largest absolute Gasteiger partial charge is 1.00 e. The zero-order valence-corrected chi connectivity index (χ0v) is 17.8. The molecule has 0 aromatic heterocycles. The Labute approximate surface area is 151 Å². The Morgan fingerprint density at radius 1 is 0.826 bits per heavy atom. The Balaban J connectivity index is 0.00000484. The maximum atomic E-state index is 5.94. The molecule has 4 nitrogen and oxygen atoms in total. The standard InChI is InChI=1S/C17H30O4P.BrH/c1-8-22(9-2,10-3)17(21-7)13-11-14(18-4)16(20-6)15(12-13)19-5;/h11-12,17H,8-10H2,1-7H3;1H/q+1;/p-1. The molecule has 1 unspecified atom stereocenters. The van der Waals surface area contributed by atoms with E-state index in [-0.39, 0.29) is 22.8 Å². The summed E-state index contributed by atoms with van der Waals surface area (Å²) in [5, 5.41) is 0. The summed E-state index contributed by atoms with van der Waals surface area (Å²) in [5.74, 6) is 2.08. The zero-order valence-electron chi connectivity index (χ0n) is 15.3. The highest BCUT2D eigenvalue weighted by atomic mass is 79.9. The molecule has 0 N–H and O–H groups in total. The van der Waals surface area contributed by atoms with Crippen molar-refractivity contribution in [1.29, 1.82) is 0 Å². The monoisotopic (exact) mass is 408 g/mol. The molecule has 0 saturated carbocycles. The molecule has 0 aliphatic carbocycles. The summed E-state index contributed by atoms with van der Waals surface area (Å²) in [4.78, 5) is 0. The Hall–Kier alpha value is -0.510. The van der Waals surface area contributed by atoms with Crippen molar-refractivity contribution >= 4 is 7.26 Å². The van der Waals surface area contributed by atoms with Gasteiger partial charge in [-0.25, -0.2) is 0 Å². The molecule has 1 aromatic carbocycles. The van der Waals surface area contributed by atoms with Gasteiger partial charge in [-0.05, 0) is 32.9 Å². The molecule has 134 valence electrons. The van der Waals surface area contributed by atoms with Gasteiger partial charge in [0.2, 0.25) is 5.75 Å². The Kier molecular flexibility index (Phi) is 10.1. The zero-order chi connectivity index (χ0) is 16.8. The lowest BCUT2D eigenvalue weighted by molar-refractivity contribution is -0.00000585. The van der Waals surface area contributed by atoms with Crippen molar-refractivity contribution in [2.75, 3.05) is 46.9 Å². The van der Waals surface area contributed by atoms with Gasteiger partial charge in [-0.2, -0.15) is 0 Å². The molecule has 0 fully saturated rings. The van der Waals surface area contributed by atoms with Gasteiger partial charge in [-0.3, -0.25) is 0 Å². The molecule has 0 saturated heterocycles. The van der Waals surface area contributed by atoms with Crippen molar-refractivity contribution in [3.8, 4) is 17.2 Å². The molecular weight excluding hydrogens is 379 g/mol. The maximum Gasteiger partial charge on any atom is 0.203 e. The Bertz CT molecular complexity index is 444. The molecule has 1 aromatic rings. The molecule has 0 amide bonds. The number of methoxy groups -OCH3 is 4. The molecule has 0 heterocycles. The lowest BCUT2D eigenvalue weighted by Crippen LogP contribution is -3.00. The van der Waals surface area contributed by atoms with Gasteiger partial charge in [0.1, 0.15) is 0 Å².